The fourth-order valence-corrected chi connectivity index (χ4v) is 2.16. The van der Waals surface area contributed by atoms with E-state index in [1.165, 1.54) is 4.57 Å². The van der Waals surface area contributed by atoms with Gasteiger partial charge in [0.1, 0.15) is 5.82 Å². The zero-order valence-corrected chi connectivity index (χ0v) is 11.7. The average Bonchev–Trinajstić information content (AvgIpc) is 2.40. The number of carbonyl (C=O) groups is 1. The molecule has 1 aromatic carbocycles. The van der Waals surface area contributed by atoms with Gasteiger partial charge in [0.2, 0.25) is 0 Å². The number of nitrogens with two attached hydrogens (primary N) is 1. The molecule has 20 heavy (non-hydrogen) atoms. The summed E-state index contributed by atoms with van der Waals surface area (Å²) in [6.45, 7) is 2.26. The number of fused-ring (bicyclic) bond motifs is 1. The van der Waals surface area contributed by atoms with Crippen molar-refractivity contribution in [3.05, 3.63) is 40.4 Å². The number of primary amides is 1. The average molecular weight is 295 g/mol. The van der Waals surface area contributed by atoms with Gasteiger partial charge in [-0.15, -0.1) is 11.6 Å². The Morgan fingerprint density at radius 2 is 2.20 bits per heavy atom. The Balaban J connectivity index is 2.49. The predicted molar refractivity (Wildman–Crippen MR) is 77.9 cm³/mol. The van der Waals surface area contributed by atoms with Crippen LogP contribution in [0.15, 0.2) is 29.1 Å². The van der Waals surface area contributed by atoms with Gasteiger partial charge in [-0.05, 0) is 19.1 Å². The molecule has 1 unspecified atom stereocenters. The quantitative estimate of drug-likeness (QED) is 0.834. The summed E-state index contributed by atoms with van der Waals surface area (Å²) in [5.41, 5.74) is 5.44. The summed E-state index contributed by atoms with van der Waals surface area (Å²) in [5, 5.41) is 2.55. The van der Waals surface area contributed by atoms with E-state index in [4.69, 9.17) is 17.3 Å². The summed E-state index contributed by atoms with van der Waals surface area (Å²) >= 11 is 6.09. The van der Waals surface area contributed by atoms with E-state index in [0.29, 0.717) is 16.7 Å². The second-order valence-corrected chi connectivity index (χ2v) is 5.01. The zero-order valence-electron chi connectivity index (χ0n) is 11.0. The lowest BCUT2D eigenvalue weighted by Gasteiger charge is -2.14. The topological polar surface area (TPSA) is 90.0 Å². The maximum absolute atomic E-state index is 12.4. The Bertz CT molecular complexity index is 696. The van der Waals surface area contributed by atoms with Gasteiger partial charge in [-0.1, -0.05) is 12.1 Å². The Labute approximate surface area is 120 Å². The normalized spacial score (nSPS) is 12.3. The predicted octanol–water partition coefficient (Wildman–Crippen LogP) is 1.36. The molecule has 2 aromatic rings. The summed E-state index contributed by atoms with van der Waals surface area (Å²) in [6, 6.07) is 6.45. The molecule has 0 radical (unpaired) electrons. The fraction of sp³-hybridized carbons (Fsp3) is 0.308. The molecule has 0 aliphatic heterocycles. The van der Waals surface area contributed by atoms with Crippen LogP contribution in [0, 0.1) is 0 Å². The summed E-state index contributed by atoms with van der Waals surface area (Å²) in [7, 11) is 0. The molecule has 1 heterocycles. The Kier molecular flexibility index (Phi) is 4.24. The molecule has 0 bridgehead atoms. The van der Waals surface area contributed by atoms with Crippen molar-refractivity contribution in [3.63, 3.8) is 0 Å². The van der Waals surface area contributed by atoms with Crippen molar-refractivity contribution >= 4 is 28.5 Å². The van der Waals surface area contributed by atoms with Crippen LogP contribution in [0.2, 0.25) is 0 Å². The van der Waals surface area contributed by atoms with E-state index in [9.17, 15) is 9.59 Å². The van der Waals surface area contributed by atoms with Crippen LogP contribution in [0.3, 0.4) is 0 Å². The highest BCUT2D eigenvalue weighted by Crippen LogP contribution is 2.18. The number of hydrogen-bond acceptors (Lipinski definition) is 3. The molecule has 6 nitrogen and oxygen atoms in total. The lowest BCUT2D eigenvalue weighted by atomic mass is 10.2. The van der Waals surface area contributed by atoms with Gasteiger partial charge in [-0.25, -0.2) is 9.78 Å². The molecular formula is C13H15ClN4O2. The first-order valence-electron chi connectivity index (χ1n) is 6.17. The van der Waals surface area contributed by atoms with Crippen molar-refractivity contribution in [3.8, 4) is 0 Å². The maximum atomic E-state index is 12.4. The number of urea groups is 1. The number of alkyl halides is 1. The fourth-order valence-electron chi connectivity index (χ4n) is 2.00. The molecule has 2 rings (SSSR count). The summed E-state index contributed by atoms with van der Waals surface area (Å²) in [6.07, 6.45) is 0. The van der Waals surface area contributed by atoms with E-state index in [1.807, 2.05) is 6.07 Å². The minimum Gasteiger partial charge on any atom is -0.352 e. The van der Waals surface area contributed by atoms with Gasteiger partial charge < -0.3 is 11.1 Å². The van der Waals surface area contributed by atoms with Crippen LogP contribution in [-0.2, 0) is 6.54 Å². The minimum absolute atomic E-state index is 0.177. The Morgan fingerprint density at radius 1 is 1.50 bits per heavy atom. The van der Waals surface area contributed by atoms with Crippen molar-refractivity contribution in [2.24, 2.45) is 5.73 Å². The van der Waals surface area contributed by atoms with Crippen LogP contribution >= 0.6 is 11.6 Å². The number of halogens is 1. The SMILES string of the molecule is CC(Cl)c1nc2ccccc2c(=O)n1CCNC(N)=O. The summed E-state index contributed by atoms with van der Waals surface area (Å²) in [4.78, 5) is 27.6. The molecule has 0 spiro atoms. The smallest absolute Gasteiger partial charge is 0.312 e. The van der Waals surface area contributed by atoms with Crippen molar-refractivity contribution in [2.45, 2.75) is 18.8 Å². The molecule has 0 aliphatic rings. The highest BCUT2D eigenvalue weighted by atomic mass is 35.5. The van der Waals surface area contributed by atoms with Crippen LogP contribution in [0.5, 0.6) is 0 Å². The third kappa shape index (κ3) is 2.91. The zero-order chi connectivity index (χ0) is 14.7. The second kappa shape index (κ2) is 5.92. The van der Waals surface area contributed by atoms with E-state index in [-0.39, 0.29) is 18.6 Å². The first-order valence-corrected chi connectivity index (χ1v) is 6.61. The van der Waals surface area contributed by atoms with Crippen molar-refractivity contribution in [1.29, 1.82) is 0 Å². The molecule has 2 amide bonds. The molecule has 0 fully saturated rings. The number of rotatable bonds is 4. The largest absolute Gasteiger partial charge is 0.352 e. The van der Waals surface area contributed by atoms with Crippen LogP contribution in [0.25, 0.3) is 10.9 Å². The van der Waals surface area contributed by atoms with Crippen LogP contribution in [-0.4, -0.2) is 22.1 Å². The molecule has 0 saturated heterocycles. The van der Waals surface area contributed by atoms with Crippen molar-refractivity contribution in [1.82, 2.24) is 14.9 Å². The van der Waals surface area contributed by atoms with Gasteiger partial charge >= 0.3 is 6.03 Å². The van der Waals surface area contributed by atoms with Crippen molar-refractivity contribution < 1.29 is 4.79 Å². The number of aromatic nitrogens is 2. The molecule has 106 valence electrons. The van der Waals surface area contributed by atoms with Gasteiger partial charge in [0.05, 0.1) is 16.3 Å². The number of amides is 2. The first kappa shape index (κ1) is 14.3. The third-order valence-corrected chi connectivity index (χ3v) is 3.08. The minimum atomic E-state index is -0.632. The van der Waals surface area contributed by atoms with E-state index in [2.05, 4.69) is 10.3 Å². The van der Waals surface area contributed by atoms with E-state index >= 15 is 0 Å². The van der Waals surface area contributed by atoms with Gasteiger partial charge in [-0.3, -0.25) is 9.36 Å². The number of benzene rings is 1. The van der Waals surface area contributed by atoms with Crippen LogP contribution < -0.4 is 16.6 Å². The Morgan fingerprint density at radius 3 is 2.85 bits per heavy atom. The number of carbonyl (C=O) groups excluding carboxylic acids is 1. The molecule has 0 saturated carbocycles. The van der Waals surface area contributed by atoms with Crippen molar-refractivity contribution in [2.75, 3.05) is 6.54 Å². The van der Waals surface area contributed by atoms with Gasteiger partial charge in [0.15, 0.2) is 0 Å². The number of nitrogens with zero attached hydrogens (tertiary/aromatic N) is 2. The van der Waals surface area contributed by atoms with E-state index in [1.54, 1.807) is 25.1 Å². The van der Waals surface area contributed by atoms with Gasteiger partial charge in [-0.2, -0.15) is 0 Å². The third-order valence-electron chi connectivity index (χ3n) is 2.88. The highest BCUT2D eigenvalue weighted by Gasteiger charge is 2.14. The van der Waals surface area contributed by atoms with Gasteiger partial charge in [0.25, 0.3) is 5.56 Å². The summed E-state index contributed by atoms with van der Waals surface area (Å²) in [5.74, 6) is 0.474. The summed E-state index contributed by atoms with van der Waals surface area (Å²) < 4.78 is 1.47. The molecular weight excluding hydrogens is 280 g/mol. The number of hydrogen-bond donors (Lipinski definition) is 2. The second-order valence-electron chi connectivity index (χ2n) is 4.35. The monoisotopic (exact) mass is 294 g/mol. The number of para-hydroxylation sites is 1. The molecule has 7 heteroatoms. The highest BCUT2D eigenvalue weighted by molar-refractivity contribution is 6.20. The van der Waals surface area contributed by atoms with E-state index in [0.717, 1.165) is 0 Å². The molecule has 0 aliphatic carbocycles. The van der Waals surface area contributed by atoms with E-state index < -0.39 is 11.4 Å². The van der Waals surface area contributed by atoms with Crippen LogP contribution in [0.4, 0.5) is 4.79 Å². The lowest BCUT2D eigenvalue weighted by Crippen LogP contribution is -2.35. The standard InChI is InChI=1S/C13H15ClN4O2/c1-8(14)11-17-10-5-3-2-4-9(10)12(19)18(11)7-6-16-13(15)20/h2-5,8H,6-7H2,1H3,(H3,15,16,20). The first-order chi connectivity index (χ1) is 9.50. The number of nitrogens with one attached hydrogen (secondary N) is 1. The molecule has 3 N–H and O–H groups in total. The Hall–Kier alpha value is -2.08. The maximum Gasteiger partial charge on any atom is 0.312 e. The molecule has 1 atom stereocenters. The molecule has 1 aromatic heterocycles. The van der Waals surface area contributed by atoms with Gasteiger partial charge in [0, 0.05) is 13.1 Å². The van der Waals surface area contributed by atoms with Crippen LogP contribution in [0.1, 0.15) is 18.1 Å². The lowest BCUT2D eigenvalue weighted by molar-refractivity contribution is 0.248.